The monoisotopic (exact) mass is 1660 g/mol. The van der Waals surface area contributed by atoms with E-state index in [4.69, 9.17) is 32.3 Å². The molecule has 4 N–H and O–H groups in total. The van der Waals surface area contributed by atoms with Gasteiger partial charge in [-0.1, -0.05) is 406 Å². The Kier molecular flexibility index (Phi) is 86.1. The maximum absolute atomic E-state index is 13.0. The van der Waals surface area contributed by atoms with Crippen LogP contribution in [0.2, 0.25) is 0 Å². The number of rotatable bonds is 89. The highest BCUT2D eigenvalue weighted by Gasteiger charge is 2.30. The Balaban J connectivity index is 4.42. The third-order valence-corrected chi connectivity index (χ3v) is 22.1. The third-order valence-electron chi connectivity index (χ3n) is 20.2. The van der Waals surface area contributed by atoms with Crippen LogP contribution in [-0.4, -0.2) is 95.9 Å². The van der Waals surface area contributed by atoms with Gasteiger partial charge in [-0.15, -0.1) is 0 Å². The Morgan fingerprint density at radius 1 is 0.252 bits per heavy atom. The molecule has 0 aliphatic heterocycles. The van der Waals surface area contributed by atoms with E-state index in [1.165, 1.54) is 231 Å². The first-order valence-electron chi connectivity index (χ1n) is 46.8. The van der Waals surface area contributed by atoms with E-state index in [0.717, 1.165) is 128 Å². The van der Waals surface area contributed by atoms with Gasteiger partial charge in [0, 0.05) is 19.3 Å². The van der Waals surface area contributed by atoms with Gasteiger partial charge in [0.2, 0.25) is 0 Å². The number of aliphatic hydroxyl groups is 2. The molecule has 0 spiro atoms. The van der Waals surface area contributed by atoms with E-state index < -0.39 is 91.5 Å². The van der Waals surface area contributed by atoms with Gasteiger partial charge in [0.05, 0.1) is 26.4 Å². The Morgan fingerprint density at radius 3 is 0.748 bits per heavy atom. The summed E-state index contributed by atoms with van der Waals surface area (Å²) in [7, 11) is -9.79. The van der Waals surface area contributed by atoms with Crippen LogP contribution in [0.4, 0.5) is 0 Å². The molecule has 0 aromatic carbocycles. The lowest BCUT2D eigenvalue weighted by Gasteiger charge is -2.21. The van der Waals surface area contributed by atoms with Gasteiger partial charge in [0.1, 0.15) is 25.4 Å². The first-order chi connectivity index (χ1) is 56.2. The average Bonchev–Trinajstić information content (AvgIpc) is 0.902. The van der Waals surface area contributed by atoms with Crippen LogP contribution in [0.5, 0.6) is 0 Å². The van der Waals surface area contributed by atoms with E-state index in [2.05, 4.69) is 142 Å². The van der Waals surface area contributed by atoms with E-state index in [1.54, 1.807) is 0 Å². The van der Waals surface area contributed by atoms with Gasteiger partial charge in [0.25, 0.3) is 0 Å². The minimum Gasteiger partial charge on any atom is -0.463 e. The molecule has 0 radical (unpaired) electrons. The van der Waals surface area contributed by atoms with Crippen molar-refractivity contribution in [2.45, 2.75) is 437 Å². The summed E-state index contributed by atoms with van der Waals surface area (Å²) in [5.41, 5.74) is 0. The molecular formula is C97H172O16P2. The van der Waals surface area contributed by atoms with Gasteiger partial charge in [-0.05, 0) is 116 Å². The number of hydrogen-bond donors (Lipinski definition) is 4. The molecule has 115 heavy (non-hydrogen) atoms. The van der Waals surface area contributed by atoms with Crippen LogP contribution >= 0.6 is 15.6 Å². The number of unbranched alkanes of at least 4 members (excludes halogenated alkanes) is 46. The summed E-state index contributed by atoms with van der Waals surface area (Å²) in [4.78, 5) is 58.9. The first-order valence-corrected chi connectivity index (χ1v) is 49.8. The molecule has 16 nitrogen and oxygen atoms in total. The predicted octanol–water partition coefficient (Wildman–Crippen LogP) is 28.8. The molecule has 0 bridgehead atoms. The van der Waals surface area contributed by atoms with Gasteiger partial charge in [-0.25, -0.2) is 9.13 Å². The smallest absolute Gasteiger partial charge is 0.463 e. The quantitative estimate of drug-likeness (QED) is 0.0146. The number of phosphoric acid groups is 2. The van der Waals surface area contributed by atoms with E-state index in [0.29, 0.717) is 19.3 Å². The van der Waals surface area contributed by atoms with Crippen molar-refractivity contribution in [3.05, 3.63) is 122 Å². The minimum absolute atomic E-state index is 0.109. The van der Waals surface area contributed by atoms with Crippen molar-refractivity contribution < 1.29 is 75.8 Å². The lowest BCUT2D eigenvalue weighted by molar-refractivity contribution is -0.161. The van der Waals surface area contributed by atoms with Gasteiger partial charge in [-0.2, -0.15) is 0 Å². The molecule has 5 atom stereocenters. The summed E-state index contributed by atoms with van der Waals surface area (Å²) in [5, 5.41) is 20.7. The summed E-state index contributed by atoms with van der Waals surface area (Å²) < 4.78 is 61.4. The third kappa shape index (κ3) is 90.6. The minimum atomic E-state index is -4.93. The van der Waals surface area contributed by atoms with Gasteiger partial charge in [-0.3, -0.25) is 32.5 Å². The van der Waals surface area contributed by atoms with Crippen LogP contribution in [0.3, 0.4) is 0 Å². The lowest BCUT2D eigenvalue weighted by Crippen LogP contribution is -2.30. The fraction of sp³-hybridized carbons (Fsp3) is 0.763. The predicted molar refractivity (Wildman–Crippen MR) is 482 cm³/mol. The molecule has 0 aliphatic rings. The summed E-state index contributed by atoms with van der Waals surface area (Å²) in [6.45, 7) is 2.62. The molecule has 0 heterocycles. The molecule has 0 fully saturated rings. The Hall–Kier alpha value is -4.05. The average molecular weight is 1660 g/mol. The number of aliphatic hydroxyl groups excluding tert-OH is 2. The van der Waals surface area contributed by atoms with Crippen LogP contribution in [-0.2, 0) is 55.8 Å². The van der Waals surface area contributed by atoms with Crippen molar-refractivity contribution in [2.24, 2.45) is 0 Å². The Morgan fingerprint density at radius 2 is 0.461 bits per heavy atom. The zero-order chi connectivity index (χ0) is 83.6. The number of hydrogen-bond acceptors (Lipinski definition) is 14. The highest BCUT2D eigenvalue weighted by molar-refractivity contribution is 7.47. The van der Waals surface area contributed by atoms with Crippen LogP contribution in [0, 0.1) is 0 Å². The van der Waals surface area contributed by atoms with E-state index in [1.807, 2.05) is 0 Å². The molecular weight excluding hydrogens is 1480 g/mol. The number of carbonyl (C=O) groups is 3. The van der Waals surface area contributed by atoms with Crippen molar-refractivity contribution in [1.29, 1.82) is 0 Å². The summed E-state index contributed by atoms with van der Waals surface area (Å²) >= 11 is 0. The van der Waals surface area contributed by atoms with Crippen LogP contribution in [0.15, 0.2) is 122 Å². The molecule has 0 amide bonds. The summed E-state index contributed by atoms with van der Waals surface area (Å²) in [6, 6.07) is 0. The molecule has 0 aromatic rings. The van der Waals surface area contributed by atoms with Crippen molar-refractivity contribution in [2.75, 3.05) is 39.6 Å². The molecule has 0 saturated carbocycles. The van der Waals surface area contributed by atoms with Crippen LogP contribution in [0.1, 0.15) is 419 Å². The zero-order valence-electron chi connectivity index (χ0n) is 73.4. The topological polar surface area (TPSA) is 231 Å². The number of carbonyl (C=O) groups excluding carboxylic acids is 3. The molecule has 18 heteroatoms. The SMILES string of the molecule is CC/C=C\C/C=C\C/C=C\C/C=C\C/C=C\C/C=C\CCCCCCCCCCCCCCCCCCC(=O)OCC(O)COP(=O)(O)OCC(O)COP(=O)(O)OCC(COC(=O)CCCCCCCCCCCCCCC/C=C\C/C=C\C/C=C\C/C=C\CCCCC)OC(=O)CCCCCCCCCCCCCCCCC. The highest BCUT2D eigenvalue weighted by Crippen LogP contribution is 2.45. The number of ether oxygens (including phenoxy) is 3. The fourth-order valence-corrected chi connectivity index (χ4v) is 14.7. The van der Waals surface area contributed by atoms with Crippen LogP contribution in [0.25, 0.3) is 0 Å². The molecule has 666 valence electrons. The van der Waals surface area contributed by atoms with E-state index in [9.17, 15) is 43.5 Å². The lowest BCUT2D eigenvalue weighted by atomic mass is 10.0. The molecule has 0 aliphatic carbocycles. The Bertz CT molecular complexity index is 2570. The highest BCUT2D eigenvalue weighted by atomic mass is 31.2. The van der Waals surface area contributed by atoms with Gasteiger partial charge < -0.3 is 34.2 Å². The number of allylic oxidation sites excluding steroid dienone is 20. The maximum Gasteiger partial charge on any atom is 0.472 e. The standard InChI is InChI=1S/C97H172O16P2/c1-4-7-10-13-16-19-22-25-28-30-32-34-36-38-40-42-43-44-45-46-47-49-51-52-54-56-58-60-63-65-68-71-74-77-80-83-95(100)107-86-92(98)87-109-114(103,104)110-88-93(99)89-111-115(105,106)112-91-94(113-97(102)85-82-79-76-73-70-67-62-27-24-21-18-15-12-9-6-3)90-108-96(101)84-81-78-75-72-69-66-64-61-59-57-55-53-50-48-41-39-37-35-33-31-29-26-23-20-17-14-11-8-5-2/h7,10,16-17,19-20,25-26,28-29,32-35,38-41,43-44,92-94,98-99H,4-6,8-9,11-15,18,21-24,27,30-31,36-37,42,45-91H2,1-3H3,(H,103,104)(H,105,106)/b10-7-,19-16-,20-17-,28-25-,29-26-,34-32-,35-33-,40-38-,41-39-,44-43-. The largest absolute Gasteiger partial charge is 0.472 e. The van der Waals surface area contributed by atoms with E-state index >= 15 is 0 Å². The number of phosphoric ester groups is 2. The summed E-state index contributed by atoms with van der Waals surface area (Å²) in [5.74, 6) is -1.55. The van der Waals surface area contributed by atoms with Crippen molar-refractivity contribution in [3.8, 4) is 0 Å². The molecule has 0 rings (SSSR count). The van der Waals surface area contributed by atoms with Crippen molar-refractivity contribution in [1.82, 2.24) is 0 Å². The van der Waals surface area contributed by atoms with Crippen molar-refractivity contribution in [3.63, 3.8) is 0 Å². The van der Waals surface area contributed by atoms with Crippen molar-refractivity contribution >= 4 is 33.6 Å². The molecule has 5 unspecified atom stereocenters. The second kappa shape index (κ2) is 89.2. The zero-order valence-corrected chi connectivity index (χ0v) is 75.2. The van der Waals surface area contributed by atoms with Gasteiger partial charge >= 0.3 is 33.6 Å². The van der Waals surface area contributed by atoms with Crippen LogP contribution < -0.4 is 0 Å². The maximum atomic E-state index is 13.0. The number of esters is 3. The van der Waals surface area contributed by atoms with E-state index in [-0.39, 0.29) is 19.3 Å². The summed E-state index contributed by atoms with van der Waals surface area (Å²) in [6.07, 6.45) is 110. The second-order valence-electron chi connectivity index (χ2n) is 31.4. The second-order valence-corrected chi connectivity index (χ2v) is 34.3. The molecule has 0 saturated heterocycles. The Labute approximate surface area is 703 Å². The molecule has 0 aromatic heterocycles. The normalized spacial score (nSPS) is 14.3. The first kappa shape index (κ1) is 111. The fourth-order valence-electron chi connectivity index (χ4n) is 13.1. The van der Waals surface area contributed by atoms with Gasteiger partial charge in [0.15, 0.2) is 6.10 Å².